The van der Waals surface area contributed by atoms with E-state index in [4.69, 9.17) is 10.7 Å². The molecule has 0 aliphatic heterocycles. The van der Waals surface area contributed by atoms with E-state index in [1.54, 1.807) is 0 Å². The van der Waals surface area contributed by atoms with Gasteiger partial charge in [-0.3, -0.25) is 0 Å². The van der Waals surface area contributed by atoms with E-state index >= 15 is 0 Å². The number of pyridine rings is 1. The first kappa shape index (κ1) is 17.5. The number of unbranched alkanes of at least 4 members (excludes halogenated alkanes) is 2. The number of nitrogens with one attached hydrogen (secondary N) is 1. The number of fused-ring (bicyclic) bond motifs is 3. The van der Waals surface area contributed by atoms with Crippen molar-refractivity contribution in [1.82, 2.24) is 9.97 Å². The molecule has 136 valence electrons. The van der Waals surface area contributed by atoms with Gasteiger partial charge in [-0.25, -0.2) is 4.98 Å². The fourth-order valence-corrected chi connectivity index (χ4v) is 3.46. The maximum absolute atomic E-state index is 5.57. The van der Waals surface area contributed by atoms with E-state index in [2.05, 4.69) is 71.7 Å². The molecule has 2 aromatic carbocycles. The molecular formula is C24H25N3. The maximum Gasteiger partial charge on any atom is 0.138 e. The van der Waals surface area contributed by atoms with Gasteiger partial charge in [-0.05, 0) is 61.2 Å². The largest absolute Gasteiger partial charge is 0.339 e. The third kappa shape index (κ3) is 4.09. The van der Waals surface area contributed by atoms with E-state index in [0.717, 1.165) is 42.7 Å². The first-order valence-electron chi connectivity index (χ1n) is 9.68. The fourth-order valence-electron chi connectivity index (χ4n) is 3.46. The van der Waals surface area contributed by atoms with Gasteiger partial charge in [0, 0.05) is 22.0 Å². The van der Waals surface area contributed by atoms with Crippen LogP contribution in [0.1, 0.15) is 36.1 Å². The highest BCUT2D eigenvalue weighted by Crippen LogP contribution is 2.26. The van der Waals surface area contributed by atoms with E-state index in [0.29, 0.717) is 0 Å². The summed E-state index contributed by atoms with van der Waals surface area (Å²) in [5.41, 5.74) is 11.2. The average molecular weight is 355 g/mol. The number of aryl methyl sites for hydroxylation is 1. The first-order chi connectivity index (χ1) is 13.3. The van der Waals surface area contributed by atoms with Crippen LogP contribution in [0, 0.1) is 0 Å². The minimum absolute atomic E-state index is 0.773. The third-order valence-electron chi connectivity index (χ3n) is 4.94. The molecule has 0 unspecified atom stereocenters. The number of hydrogen-bond donors (Lipinski definition) is 2. The van der Waals surface area contributed by atoms with E-state index in [9.17, 15) is 0 Å². The Morgan fingerprint density at radius 1 is 0.815 bits per heavy atom. The van der Waals surface area contributed by atoms with Gasteiger partial charge >= 0.3 is 0 Å². The topological polar surface area (TPSA) is 54.7 Å². The Morgan fingerprint density at radius 2 is 1.67 bits per heavy atom. The standard InChI is InChI=1S/C24H25N3/c25-16-6-2-5-9-20-13-14-21-22-17-19(11-10-18-7-3-1-4-8-18)12-15-23(22)27-24(21)26-20/h1,3-4,7-8,10-15,17H,2,5-6,9,16,25H2,(H,26,27). The van der Waals surface area contributed by atoms with Crippen LogP contribution < -0.4 is 5.73 Å². The van der Waals surface area contributed by atoms with Crippen LogP contribution in [0.5, 0.6) is 0 Å². The van der Waals surface area contributed by atoms with Crippen molar-refractivity contribution in [2.24, 2.45) is 5.73 Å². The minimum atomic E-state index is 0.773. The summed E-state index contributed by atoms with van der Waals surface area (Å²) >= 11 is 0. The molecule has 0 spiro atoms. The lowest BCUT2D eigenvalue weighted by Gasteiger charge is -2.01. The van der Waals surface area contributed by atoms with E-state index in [1.165, 1.54) is 28.3 Å². The fraction of sp³-hybridized carbons (Fsp3) is 0.208. The molecule has 3 nitrogen and oxygen atoms in total. The highest BCUT2D eigenvalue weighted by Gasteiger charge is 2.07. The summed E-state index contributed by atoms with van der Waals surface area (Å²) in [6, 6.07) is 21.2. The van der Waals surface area contributed by atoms with Gasteiger partial charge in [0.15, 0.2) is 0 Å². The number of aromatic nitrogens is 2. The minimum Gasteiger partial charge on any atom is -0.339 e. The van der Waals surface area contributed by atoms with E-state index in [-0.39, 0.29) is 0 Å². The van der Waals surface area contributed by atoms with Gasteiger partial charge < -0.3 is 10.7 Å². The first-order valence-corrected chi connectivity index (χ1v) is 9.68. The van der Waals surface area contributed by atoms with Crippen molar-refractivity contribution in [2.75, 3.05) is 6.54 Å². The molecule has 2 heterocycles. The van der Waals surface area contributed by atoms with Crippen molar-refractivity contribution in [3.05, 3.63) is 77.5 Å². The SMILES string of the molecule is NCCCCCc1ccc2c(n1)[nH]c1ccc(C=Cc3ccccc3)cc12. The highest BCUT2D eigenvalue weighted by molar-refractivity contribution is 6.06. The van der Waals surface area contributed by atoms with Crippen molar-refractivity contribution in [3.63, 3.8) is 0 Å². The second kappa shape index (κ2) is 8.19. The van der Waals surface area contributed by atoms with Crippen LogP contribution in [0.2, 0.25) is 0 Å². The van der Waals surface area contributed by atoms with E-state index < -0.39 is 0 Å². The van der Waals surface area contributed by atoms with Crippen molar-refractivity contribution >= 4 is 34.1 Å². The molecule has 4 rings (SSSR count). The lowest BCUT2D eigenvalue weighted by molar-refractivity contribution is 0.680. The van der Waals surface area contributed by atoms with Gasteiger partial charge in [0.2, 0.25) is 0 Å². The van der Waals surface area contributed by atoms with Crippen LogP contribution >= 0.6 is 0 Å². The zero-order valence-corrected chi connectivity index (χ0v) is 15.5. The van der Waals surface area contributed by atoms with Crippen LogP contribution in [-0.2, 0) is 6.42 Å². The molecule has 0 aliphatic rings. The van der Waals surface area contributed by atoms with Crippen LogP contribution in [0.4, 0.5) is 0 Å². The molecule has 0 atom stereocenters. The summed E-state index contributed by atoms with van der Waals surface area (Å²) in [5, 5.41) is 2.41. The van der Waals surface area contributed by atoms with Crippen LogP contribution in [0.25, 0.3) is 34.1 Å². The Bertz CT molecular complexity index is 1060. The Morgan fingerprint density at radius 3 is 2.52 bits per heavy atom. The predicted octanol–water partition coefficient (Wildman–Crippen LogP) is 5.56. The smallest absolute Gasteiger partial charge is 0.138 e. The molecule has 3 heteroatoms. The molecule has 4 aromatic rings. The number of H-pyrrole nitrogens is 1. The molecule has 0 fully saturated rings. The van der Waals surface area contributed by atoms with Gasteiger partial charge in [0.05, 0.1) is 0 Å². The Balaban J connectivity index is 1.59. The zero-order valence-electron chi connectivity index (χ0n) is 15.5. The van der Waals surface area contributed by atoms with Crippen molar-refractivity contribution in [2.45, 2.75) is 25.7 Å². The molecule has 0 saturated carbocycles. The van der Waals surface area contributed by atoms with Gasteiger partial charge in [0.25, 0.3) is 0 Å². The van der Waals surface area contributed by atoms with Crippen LogP contribution in [0.15, 0.2) is 60.7 Å². The second-order valence-electron chi connectivity index (χ2n) is 6.97. The summed E-state index contributed by atoms with van der Waals surface area (Å²) in [7, 11) is 0. The van der Waals surface area contributed by atoms with Crippen molar-refractivity contribution in [1.29, 1.82) is 0 Å². The number of benzene rings is 2. The Labute approximate surface area is 159 Å². The van der Waals surface area contributed by atoms with E-state index in [1.807, 2.05) is 6.07 Å². The van der Waals surface area contributed by atoms with Gasteiger partial charge in [0.1, 0.15) is 5.65 Å². The highest BCUT2D eigenvalue weighted by atomic mass is 14.9. The summed E-state index contributed by atoms with van der Waals surface area (Å²) in [6.45, 7) is 0.773. The molecule has 27 heavy (non-hydrogen) atoms. The third-order valence-corrected chi connectivity index (χ3v) is 4.94. The monoisotopic (exact) mass is 355 g/mol. The molecular weight excluding hydrogens is 330 g/mol. The van der Waals surface area contributed by atoms with Crippen molar-refractivity contribution in [3.8, 4) is 0 Å². The lowest BCUT2D eigenvalue weighted by Crippen LogP contribution is -1.98. The summed E-state index contributed by atoms with van der Waals surface area (Å²) in [5.74, 6) is 0. The molecule has 0 saturated heterocycles. The molecule has 0 bridgehead atoms. The number of nitrogens with two attached hydrogens (primary N) is 1. The maximum atomic E-state index is 5.57. The van der Waals surface area contributed by atoms with Crippen molar-refractivity contribution < 1.29 is 0 Å². The molecule has 0 radical (unpaired) electrons. The van der Waals surface area contributed by atoms with Gasteiger partial charge in [-0.1, -0.05) is 55.0 Å². The molecule has 3 N–H and O–H groups in total. The summed E-state index contributed by atoms with van der Waals surface area (Å²) in [4.78, 5) is 8.29. The van der Waals surface area contributed by atoms with Crippen LogP contribution in [0.3, 0.4) is 0 Å². The number of nitrogens with zero attached hydrogens (tertiary/aromatic N) is 1. The summed E-state index contributed by atoms with van der Waals surface area (Å²) in [6.07, 6.45) is 8.72. The lowest BCUT2D eigenvalue weighted by atomic mass is 10.1. The quantitative estimate of drug-likeness (QED) is 0.337. The number of hydrogen-bond acceptors (Lipinski definition) is 2. The van der Waals surface area contributed by atoms with Gasteiger partial charge in [-0.15, -0.1) is 0 Å². The normalized spacial score (nSPS) is 11.7. The zero-order chi connectivity index (χ0) is 18.5. The Kier molecular flexibility index (Phi) is 5.31. The Hall–Kier alpha value is -2.91. The molecule has 0 amide bonds. The van der Waals surface area contributed by atoms with Gasteiger partial charge in [-0.2, -0.15) is 0 Å². The summed E-state index contributed by atoms with van der Waals surface area (Å²) < 4.78 is 0. The number of rotatable bonds is 7. The van der Waals surface area contributed by atoms with Crippen LogP contribution in [-0.4, -0.2) is 16.5 Å². The number of aromatic amines is 1. The predicted molar refractivity (Wildman–Crippen MR) is 116 cm³/mol. The molecule has 0 aliphatic carbocycles. The molecule has 2 aromatic heterocycles. The average Bonchev–Trinajstić information content (AvgIpc) is 3.07. The second-order valence-corrected chi connectivity index (χ2v) is 6.97.